The van der Waals surface area contributed by atoms with E-state index in [2.05, 4.69) is 17.1 Å². The number of carbonyl (C=O) groups excluding carboxylic acids is 1. The third-order valence-electron chi connectivity index (χ3n) is 4.40. The maximum absolute atomic E-state index is 12.4. The summed E-state index contributed by atoms with van der Waals surface area (Å²) in [5.41, 5.74) is 4.48. The molecule has 0 heterocycles. The Hall–Kier alpha value is -3.48. The number of hydrazone groups is 1. The van der Waals surface area contributed by atoms with Gasteiger partial charge in [-0.15, -0.1) is 0 Å². The molecule has 3 aromatic rings. The summed E-state index contributed by atoms with van der Waals surface area (Å²) in [7, 11) is 1.50. The molecule has 0 fully saturated rings. The van der Waals surface area contributed by atoms with E-state index in [-0.39, 0.29) is 0 Å². The van der Waals surface area contributed by atoms with Gasteiger partial charge < -0.3 is 14.2 Å². The van der Waals surface area contributed by atoms with Crippen LogP contribution in [-0.4, -0.2) is 25.8 Å². The molecular weight excluding hydrogens is 463 g/mol. The van der Waals surface area contributed by atoms with Crippen molar-refractivity contribution in [1.29, 1.82) is 0 Å². The first kappa shape index (κ1) is 24.2. The number of methoxy groups -OCH3 is 1. The third-order valence-corrected chi connectivity index (χ3v) is 4.93. The summed E-state index contributed by atoms with van der Waals surface area (Å²) in [5.74, 6) is 1.09. The molecule has 0 bridgehead atoms. The van der Waals surface area contributed by atoms with Gasteiger partial charge in [0.25, 0.3) is 5.91 Å². The van der Waals surface area contributed by atoms with Crippen LogP contribution in [0, 0.1) is 0 Å². The molecule has 0 spiro atoms. The van der Waals surface area contributed by atoms with Crippen molar-refractivity contribution < 1.29 is 19.0 Å². The number of nitrogens with zero attached hydrogens (tertiary/aromatic N) is 1. The third kappa shape index (κ3) is 7.00. The van der Waals surface area contributed by atoms with E-state index >= 15 is 0 Å². The summed E-state index contributed by atoms with van der Waals surface area (Å²) >= 11 is 12.3. The molecule has 0 aliphatic heterocycles. The fourth-order valence-electron chi connectivity index (χ4n) is 2.81. The highest BCUT2D eigenvalue weighted by atomic mass is 35.5. The second kappa shape index (κ2) is 11.9. The Morgan fingerprint density at radius 2 is 1.85 bits per heavy atom. The summed E-state index contributed by atoms with van der Waals surface area (Å²) in [4.78, 5) is 12.4. The molecule has 3 aromatic carbocycles. The first-order valence-corrected chi connectivity index (χ1v) is 10.7. The highest BCUT2D eigenvalue weighted by Crippen LogP contribution is 2.28. The Bertz CT molecular complexity index is 1160. The van der Waals surface area contributed by atoms with Gasteiger partial charge in [-0.25, -0.2) is 5.43 Å². The molecule has 0 atom stereocenters. The molecule has 0 aliphatic carbocycles. The van der Waals surface area contributed by atoms with Crippen LogP contribution >= 0.6 is 23.2 Å². The first-order valence-electron chi connectivity index (χ1n) is 9.92. The quantitative estimate of drug-likeness (QED) is 0.220. The Labute approximate surface area is 202 Å². The number of rotatable bonds is 10. The van der Waals surface area contributed by atoms with Gasteiger partial charge in [-0.05, 0) is 59.7 Å². The number of hydrogen-bond acceptors (Lipinski definition) is 5. The molecule has 0 saturated heterocycles. The monoisotopic (exact) mass is 484 g/mol. The standard InChI is InChI=1S/C25H22Cl2N2O4/c1-3-11-32-23-10-8-19(14-24(23)31-2)25(30)29-28-15-17-7-9-22(21(27)13-17)33-16-18-5-4-6-20(26)12-18/h3-10,12-15H,1,11,16H2,2H3,(H,29,30)/b28-15+. The predicted molar refractivity (Wildman–Crippen MR) is 131 cm³/mol. The highest BCUT2D eigenvalue weighted by Gasteiger charge is 2.11. The largest absolute Gasteiger partial charge is 0.493 e. The lowest BCUT2D eigenvalue weighted by molar-refractivity contribution is 0.0954. The van der Waals surface area contributed by atoms with Crippen LogP contribution in [0.1, 0.15) is 21.5 Å². The molecule has 0 aliphatic rings. The highest BCUT2D eigenvalue weighted by molar-refractivity contribution is 6.32. The second-order valence-electron chi connectivity index (χ2n) is 6.77. The lowest BCUT2D eigenvalue weighted by Gasteiger charge is -2.10. The van der Waals surface area contributed by atoms with Crippen LogP contribution in [0.3, 0.4) is 0 Å². The topological polar surface area (TPSA) is 69.2 Å². The Balaban J connectivity index is 1.59. The number of halogens is 2. The minimum Gasteiger partial charge on any atom is -0.493 e. The molecule has 6 nitrogen and oxygen atoms in total. The van der Waals surface area contributed by atoms with Gasteiger partial charge in [0, 0.05) is 10.6 Å². The fraction of sp³-hybridized carbons (Fsp3) is 0.120. The minimum absolute atomic E-state index is 0.333. The van der Waals surface area contributed by atoms with Crippen molar-refractivity contribution in [3.8, 4) is 17.2 Å². The maximum Gasteiger partial charge on any atom is 0.271 e. The number of hydrogen-bond donors (Lipinski definition) is 1. The van der Waals surface area contributed by atoms with Crippen LogP contribution in [0.4, 0.5) is 0 Å². The maximum atomic E-state index is 12.4. The number of carbonyl (C=O) groups is 1. The van der Waals surface area contributed by atoms with E-state index in [0.29, 0.717) is 51.6 Å². The minimum atomic E-state index is -0.396. The molecule has 170 valence electrons. The van der Waals surface area contributed by atoms with Crippen molar-refractivity contribution in [1.82, 2.24) is 5.43 Å². The zero-order chi connectivity index (χ0) is 23.6. The van der Waals surface area contributed by atoms with Gasteiger partial charge in [0.15, 0.2) is 11.5 Å². The Kier molecular flexibility index (Phi) is 8.75. The van der Waals surface area contributed by atoms with Gasteiger partial charge in [-0.2, -0.15) is 5.10 Å². The summed E-state index contributed by atoms with van der Waals surface area (Å²) in [5, 5.41) is 5.06. The number of benzene rings is 3. The second-order valence-corrected chi connectivity index (χ2v) is 7.62. The van der Waals surface area contributed by atoms with E-state index in [0.717, 1.165) is 5.56 Å². The van der Waals surface area contributed by atoms with Gasteiger partial charge in [-0.1, -0.05) is 48.0 Å². The molecule has 8 heteroatoms. The van der Waals surface area contributed by atoms with E-state index in [1.165, 1.54) is 13.3 Å². The summed E-state index contributed by atoms with van der Waals surface area (Å²) in [6.45, 7) is 4.28. The lowest BCUT2D eigenvalue weighted by atomic mass is 10.2. The lowest BCUT2D eigenvalue weighted by Crippen LogP contribution is -2.17. The van der Waals surface area contributed by atoms with Crippen molar-refractivity contribution in [3.63, 3.8) is 0 Å². The van der Waals surface area contributed by atoms with Crippen LogP contribution in [0.25, 0.3) is 0 Å². The molecule has 1 N–H and O–H groups in total. The van der Waals surface area contributed by atoms with E-state index in [4.69, 9.17) is 37.4 Å². The molecule has 3 rings (SSSR count). The zero-order valence-electron chi connectivity index (χ0n) is 17.9. The van der Waals surface area contributed by atoms with Gasteiger partial charge in [0.1, 0.15) is 19.0 Å². The van der Waals surface area contributed by atoms with Crippen LogP contribution in [0.15, 0.2) is 78.4 Å². The Morgan fingerprint density at radius 1 is 1.03 bits per heavy atom. The van der Waals surface area contributed by atoms with E-state index < -0.39 is 5.91 Å². The molecule has 0 saturated carbocycles. The smallest absolute Gasteiger partial charge is 0.271 e. The average Bonchev–Trinajstić information content (AvgIpc) is 2.82. The summed E-state index contributed by atoms with van der Waals surface area (Å²) in [6.07, 6.45) is 3.11. The van der Waals surface area contributed by atoms with Crippen LogP contribution in [0.5, 0.6) is 17.2 Å². The van der Waals surface area contributed by atoms with Gasteiger partial charge in [-0.3, -0.25) is 4.79 Å². The zero-order valence-corrected chi connectivity index (χ0v) is 19.4. The average molecular weight is 485 g/mol. The summed E-state index contributed by atoms with van der Waals surface area (Å²) in [6, 6.07) is 17.5. The van der Waals surface area contributed by atoms with E-state index in [1.807, 2.05) is 18.2 Å². The molecule has 0 radical (unpaired) electrons. The van der Waals surface area contributed by atoms with Crippen molar-refractivity contribution in [3.05, 3.63) is 100 Å². The van der Waals surface area contributed by atoms with Gasteiger partial charge in [0.05, 0.1) is 18.3 Å². The fourth-order valence-corrected chi connectivity index (χ4v) is 3.27. The number of amides is 1. The van der Waals surface area contributed by atoms with Crippen molar-refractivity contribution >= 4 is 35.3 Å². The van der Waals surface area contributed by atoms with Crippen LogP contribution in [0.2, 0.25) is 10.0 Å². The summed E-state index contributed by atoms with van der Waals surface area (Å²) < 4.78 is 16.5. The molecule has 33 heavy (non-hydrogen) atoms. The normalized spacial score (nSPS) is 10.6. The molecule has 0 unspecified atom stereocenters. The van der Waals surface area contributed by atoms with E-state index in [9.17, 15) is 4.79 Å². The van der Waals surface area contributed by atoms with Crippen LogP contribution < -0.4 is 19.6 Å². The predicted octanol–water partition coefficient (Wildman–Crippen LogP) is 5.91. The van der Waals surface area contributed by atoms with Crippen LogP contribution in [-0.2, 0) is 6.61 Å². The van der Waals surface area contributed by atoms with Gasteiger partial charge in [0.2, 0.25) is 0 Å². The van der Waals surface area contributed by atoms with Gasteiger partial charge >= 0.3 is 0 Å². The first-order chi connectivity index (χ1) is 16.0. The SMILES string of the molecule is C=CCOc1ccc(C(=O)N/N=C/c2ccc(OCc3cccc(Cl)c3)c(Cl)c2)cc1OC. The number of nitrogens with one attached hydrogen (secondary N) is 1. The van der Waals surface area contributed by atoms with E-state index in [1.54, 1.807) is 48.5 Å². The molecule has 0 aromatic heterocycles. The van der Waals surface area contributed by atoms with Crippen molar-refractivity contribution in [2.75, 3.05) is 13.7 Å². The Morgan fingerprint density at radius 3 is 2.58 bits per heavy atom. The molecular formula is C25H22Cl2N2O4. The number of ether oxygens (including phenoxy) is 3. The molecule has 1 amide bonds. The van der Waals surface area contributed by atoms with Crippen molar-refractivity contribution in [2.45, 2.75) is 6.61 Å². The van der Waals surface area contributed by atoms with Crippen molar-refractivity contribution in [2.24, 2.45) is 5.10 Å².